The van der Waals surface area contributed by atoms with E-state index in [4.69, 9.17) is 9.84 Å². The normalized spacial score (nSPS) is 22.9. The van der Waals surface area contributed by atoms with Gasteiger partial charge in [-0.1, -0.05) is 0 Å². The Kier molecular flexibility index (Phi) is 4.19. The minimum atomic E-state index is -0.908. The molecular formula is C13H22N2O5. The fraction of sp³-hybridized carbons (Fsp3) is 0.846. The topological polar surface area (TPSA) is 99.1 Å². The zero-order valence-electron chi connectivity index (χ0n) is 11.7. The molecule has 7 nitrogen and oxygen atoms in total. The van der Waals surface area contributed by atoms with Crippen molar-refractivity contribution in [2.24, 2.45) is 5.41 Å². The van der Waals surface area contributed by atoms with Crippen molar-refractivity contribution in [2.75, 3.05) is 33.4 Å². The van der Waals surface area contributed by atoms with E-state index in [9.17, 15) is 14.7 Å². The van der Waals surface area contributed by atoms with Gasteiger partial charge in [0.1, 0.15) is 0 Å². The SMILES string of the molecule is CN(CC1(O)CCOCC1)C(=O)NCC1(C(=O)O)CC1. The Morgan fingerprint density at radius 1 is 1.25 bits per heavy atom. The summed E-state index contributed by atoms with van der Waals surface area (Å²) in [5.74, 6) is -0.858. The molecule has 0 atom stereocenters. The zero-order valence-corrected chi connectivity index (χ0v) is 11.7. The van der Waals surface area contributed by atoms with Gasteiger partial charge in [0.2, 0.25) is 0 Å². The molecule has 0 aromatic heterocycles. The van der Waals surface area contributed by atoms with Gasteiger partial charge in [-0.05, 0) is 12.8 Å². The number of aliphatic carboxylic acids is 1. The van der Waals surface area contributed by atoms with Crippen LogP contribution in [0.5, 0.6) is 0 Å². The van der Waals surface area contributed by atoms with Crippen molar-refractivity contribution in [3.05, 3.63) is 0 Å². The predicted molar refractivity (Wildman–Crippen MR) is 70.3 cm³/mol. The number of likely N-dealkylation sites (N-methyl/N-ethyl adjacent to an activating group) is 1. The summed E-state index contributed by atoms with van der Waals surface area (Å²) in [4.78, 5) is 24.4. The van der Waals surface area contributed by atoms with E-state index in [0.29, 0.717) is 38.9 Å². The van der Waals surface area contributed by atoms with Gasteiger partial charge in [0, 0.05) is 39.6 Å². The number of nitrogens with zero attached hydrogens (tertiary/aromatic N) is 1. The van der Waals surface area contributed by atoms with Crippen molar-refractivity contribution in [2.45, 2.75) is 31.3 Å². The minimum Gasteiger partial charge on any atom is -0.481 e. The molecule has 2 aliphatic rings. The number of hydrogen-bond donors (Lipinski definition) is 3. The molecule has 20 heavy (non-hydrogen) atoms. The van der Waals surface area contributed by atoms with Gasteiger partial charge in [-0.3, -0.25) is 4.79 Å². The number of rotatable bonds is 5. The maximum Gasteiger partial charge on any atom is 0.317 e. The van der Waals surface area contributed by atoms with Gasteiger partial charge in [0.15, 0.2) is 0 Å². The average molecular weight is 286 g/mol. The molecule has 1 aliphatic carbocycles. The molecule has 2 amide bonds. The van der Waals surface area contributed by atoms with E-state index in [0.717, 1.165) is 0 Å². The summed E-state index contributed by atoms with van der Waals surface area (Å²) in [5, 5.41) is 22.0. The summed E-state index contributed by atoms with van der Waals surface area (Å²) in [6, 6.07) is -0.350. The van der Waals surface area contributed by atoms with Crippen molar-refractivity contribution in [1.29, 1.82) is 0 Å². The number of ether oxygens (including phenoxy) is 1. The first kappa shape index (κ1) is 15.1. The van der Waals surface area contributed by atoms with E-state index in [1.54, 1.807) is 7.05 Å². The first-order chi connectivity index (χ1) is 9.37. The van der Waals surface area contributed by atoms with Crippen molar-refractivity contribution >= 4 is 12.0 Å². The lowest BCUT2D eigenvalue weighted by atomic mass is 9.94. The van der Waals surface area contributed by atoms with E-state index < -0.39 is 17.0 Å². The van der Waals surface area contributed by atoms with E-state index in [1.165, 1.54) is 4.90 Å². The van der Waals surface area contributed by atoms with Gasteiger partial charge >= 0.3 is 12.0 Å². The van der Waals surface area contributed by atoms with E-state index >= 15 is 0 Å². The number of carboxylic acid groups (broad SMARTS) is 1. The van der Waals surface area contributed by atoms with Crippen molar-refractivity contribution in [1.82, 2.24) is 10.2 Å². The number of urea groups is 1. The molecule has 0 spiro atoms. The Hall–Kier alpha value is -1.34. The number of carboxylic acids is 1. The molecule has 0 unspecified atom stereocenters. The molecule has 0 radical (unpaired) electrons. The number of aliphatic hydroxyl groups is 1. The smallest absolute Gasteiger partial charge is 0.317 e. The van der Waals surface area contributed by atoms with Crippen LogP contribution in [0.15, 0.2) is 0 Å². The van der Waals surface area contributed by atoms with Crippen LogP contribution in [0, 0.1) is 5.41 Å². The second-order valence-electron chi connectivity index (χ2n) is 5.94. The Balaban J connectivity index is 1.78. The lowest BCUT2D eigenvalue weighted by molar-refractivity contribution is -0.143. The van der Waals surface area contributed by atoms with Crippen molar-refractivity contribution in [3.63, 3.8) is 0 Å². The summed E-state index contributed by atoms with van der Waals surface area (Å²) in [5.41, 5.74) is -1.68. The molecule has 1 saturated heterocycles. The van der Waals surface area contributed by atoms with Crippen LogP contribution >= 0.6 is 0 Å². The first-order valence-electron chi connectivity index (χ1n) is 6.89. The van der Waals surface area contributed by atoms with Crippen LogP contribution < -0.4 is 5.32 Å². The van der Waals surface area contributed by atoms with Crippen molar-refractivity contribution in [3.8, 4) is 0 Å². The third kappa shape index (κ3) is 3.40. The molecule has 2 rings (SSSR count). The summed E-state index contributed by atoms with van der Waals surface area (Å²) in [6.07, 6.45) is 2.22. The van der Waals surface area contributed by atoms with Crippen LogP contribution in [0.1, 0.15) is 25.7 Å². The fourth-order valence-electron chi connectivity index (χ4n) is 2.42. The maximum atomic E-state index is 11.9. The van der Waals surface area contributed by atoms with Gasteiger partial charge in [-0.2, -0.15) is 0 Å². The quantitative estimate of drug-likeness (QED) is 0.662. The monoisotopic (exact) mass is 286 g/mol. The molecule has 114 valence electrons. The Labute approximate surface area is 117 Å². The van der Waals surface area contributed by atoms with Crippen LogP contribution in [-0.2, 0) is 9.53 Å². The highest BCUT2D eigenvalue weighted by Gasteiger charge is 2.50. The van der Waals surface area contributed by atoms with Crippen LogP contribution in [0.3, 0.4) is 0 Å². The van der Waals surface area contributed by atoms with Gasteiger partial charge in [0.25, 0.3) is 0 Å². The Morgan fingerprint density at radius 2 is 1.85 bits per heavy atom. The highest BCUT2D eigenvalue weighted by molar-refractivity contribution is 5.80. The lowest BCUT2D eigenvalue weighted by Gasteiger charge is -2.35. The number of hydrogen-bond acceptors (Lipinski definition) is 4. The fourth-order valence-corrected chi connectivity index (χ4v) is 2.42. The Morgan fingerprint density at radius 3 is 2.35 bits per heavy atom. The molecule has 0 bridgehead atoms. The summed E-state index contributed by atoms with van der Waals surface area (Å²) >= 11 is 0. The molecule has 0 aromatic rings. The zero-order chi connectivity index (χ0) is 14.8. The van der Waals surface area contributed by atoms with Gasteiger partial charge in [0.05, 0.1) is 17.6 Å². The van der Waals surface area contributed by atoms with Crippen LogP contribution in [0.2, 0.25) is 0 Å². The predicted octanol–water partition coefficient (Wildman–Crippen LogP) is 0.0341. The highest BCUT2D eigenvalue weighted by atomic mass is 16.5. The number of amides is 2. The maximum absolute atomic E-state index is 11.9. The second-order valence-corrected chi connectivity index (χ2v) is 5.94. The largest absolute Gasteiger partial charge is 0.481 e. The molecule has 1 saturated carbocycles. The average Bonchev–Trinajstić information content (AvgIpc) is 3.17. The third-order valence-corrected chi connectivity index (χ3v) is 4.19. The number of carbonyl (C=O) groups is 2. The van der Waals surface area contributed by atoms with Crippen molar-refractivity contribution < 1.29 is 24.5 Å². The molecule has 7 heteroatoms. The van der Waals surface area contributed by atoms with Gasteiger partial charge in [-0.15, -0.1) is 0 Å². The van der Waals surface area contributed by atoms with Gasteiger partial charge in [-0.25, -0.2) is 4.79 Å². The summed E-state index contributed by atoms with van der Waals surface area (Å²) in [6.45, 7) is 1.36. The summed E-state index contributed by atoms with van der Waals surface area (Å²) < 4.78 is 5.19. The lowest BCUT2D eigenvalue weighted by Crippen LogP contribution is -2.50. The van der Waals surface area contributed by atoms with Crippen LogP contribution in [0.25, 0.3) is 0 Å². The molecular weight excluding hydrogens is 264 g/mol. The second kappa shape index (κ2) is 5.57. The van der Waals surface area contributed by atoms with Crippen LogP contribution in [0.4, 0.5) is 4.79 Å². The van der Waals surface area contributed by atoms with E-state index in [-0.39, 0.29) is 19.1 Å². The molecule has 0 aromatic carbocycles. The van der Waals surface area contributed by atoms with E-state index in [2.05, 4.69) is 5.32 Å². The molecule has 2 fully saturated rings. The third-order valence-electron chi connectivity index (χ3n) is 4.19. The Bertz CT molecular complexity index is 388. The minimum absolute atomic E-state index is 0.146. The molecule has 1 heterocycles. The van der Waals surface area contributed by atoms with Crippen LogP contribution in [-0.4, -0.2) is 66.1 Å². The number of nitrogens with one attached hydrogen (secondary N) is 1. The molecule has 3 N–H and O–H groups in total. The van der Waals surface area contributed by atoms with E-state index in [1.807, 2.05) is 0 Å². The molecule has 1 aliphatic heterocycles. The summed E-state index contributed by atoms with van der Waals surface area (Å²) in [7, 11) is 1.60. The van der Waals surface area contributed by atoms with Gasteiger partial charge < -0.3 is 25.2 Å². The standard InChI is InChI=1S/C13H22N2O5/c1-15(9-13(19)4-6-20-7-5-13)11(18)14-8-12(2-3-12)10(16)17/h19H,2-9H2,1H3,(H,14,18)(H,16,17). The highest BCUT2D eigenvalue weighted by Crippen LogP contribution is 2.45. The first-order valence-corrected chi connectivity index (χ1v) is 6.89. The number of carbonyl (C=O) groups excluding carboxylic acids is 1.